The van der Waals surface area contributed by atoms with E-state index in [1.165, 1.54) is 4.57 Å². The highest BCUT2D eigenvalue weighted by Gasteiger charge is 2.24. The van der Waals surface area contributed by atoms with E-state index in [0.29, 0.717) is 51.8 Å². The van der Waals surface area contributed by atoms with Gasteiger partial charge in [0, 0.05) is 18.1 Å². The van der Waals surface area contributed by atoms with Crippen LogP contribution in [0.4, 0.5) is 0 Å². The molecule has 1 fully saturated rings. The predicted octanol–water partition coefficient (Wildman–Crippen LogP) is 2.53. The van der Waals surface area contributed by atoms with Gasteiger partial charge in [-0.2, -0.15) is 5.26 Å². The lowest BCUT2D eigenvalue weighted by atomic mass is 10.1. The van der Waals surface area contributed by atoms with Crippen LogP contribution in [0.15, 0.2) is 47.3 Å². The fourth-order valence-electron chi connectivity index (χ4n) is 3.77. The molecule has 0 atom stereocenters. The molecule has 1 saturated heterocycles. The van der Waals surface area contributed by atoms with Crippen LogP contribution in [0.3, 0.4) is 0 Å². The fraction of sp³-hybridized carbons (Fsp3) is 0.240. The zero-order chi connectivity index (χ0) is 23.5. The van der Waals surface area contributed by atoms with Gasteiger partial charge in [-0.3, -0.25) is 14.2 Å². The van der Waals surface area contributed by atoms with Gasteiger partial charge in [-0.25, -0.2) is 0 Å². The van der Waals surface area contributed by atoms with Gasteiger partial charge in [-0.1, -0.05) is 47.5 Å². The Morgan fingerprint density at radius 3 is 2.58 bits per heavy atom. The van der Waals surface area contributed by atoms with Crippen LogP contribution in [-0.4, -0.2) is 41.7 Å². The predicted molar refractivity (Wildman–Crippen MR) is 130 cm³/mol. The number of aromatic nitrogens is 1. The minimum Gasteiger partial charge on any atom is -0.378 e. The Morgan fingerprint density at radius 1 is 1.18 bits per heavy atom. The summed E-state index contributed by atoms with van der Waals surface area (Å²) in [5, 5.41) is 10.5. The number of ether oxygens (including phenoxy) is 1. The van der Waals surface area contributed by atoms with Crippen molar-refractivity contribution in [1.82, 2.24) is 9.47 Å². The topological polar surface area (TPSA) is 75.3 Å². The number of nitriles is 1. The number of benzene rings is 2. The molecule has 6 nitrogen and oxygen atoms in total. The van der Waals surface area contributed by atoms with E-state index in [1.807, 2.05) is 50.2 Å². The molecule has 0 unspecified atom stereocenters. The van der Waals surface area contributed by atoms with E-state index >= 15 is 0 Å². The minimum absolute atomic E-state index is 0.0576. The Morgan fingerprint density at radius 2 is 1.91 bits per heavy atom. The lowest BCUT2D eigenvalue weighted by Crippen LogP contribution is -2.42. The third-order valence-electron chi connectivity index (χ3n) is 5.45. The van der Waals surface area contributed by atoms with Crippen molar-refractivity contribution in [2.24, 2.45) is 0 Å². The van der Waals surface area contributed by atoms with Crippen molar-refractivity contribution in [3.8, 4) is 11.8 Å². The number of aryl methyl sites for hydroxylation is 2. The van der Waals surface area contributed by atoms with Crippen LogP contribution in [0.5, 0.6) is 0 Å². The molecule has 0 spiro atoms. The maximum absolute atomic E-state index is 13.6. The second-order valence-electron chi connectivity index (χ2n) is 7.76. The van der Waals surface area contributed by atoms with Gasteiger partial charge >= 0.3 is 0 Å². The van der Waals surface area contributed by atoms with Crippen molar-refractivity contribution in [3.05, 3.63) is 83.7 Å². The number of amides is 1. The monoisotopic (exact) mass is 479 g/mol. The molecule has 0 saturated carbocycles. The Labute approximate surface area is 200 Å². The highest BCUT2D eigenvalue weighted by Crippen LogP contribution is 2.16. The molecule has 4 rings (SSSR count). The standard InChI is InChI=1S/C25H22ClN3O3S/c1-16-7-8-21(17(2)13-16)29-24(31)22(14-18-5-3-4-6-20(18)26)33-25(29)19(15-27)23(30)28-9-11-32-12-10-28/h3-8,13-14H,9-12H2,1-2H3/b22-14+,25-19-. The van der Waals surface area contributed by atoms with Crippen LogP contribution in [0, 0.1) is 25.2 Å². The summed E-state index contributed by atoms with van der Waals surface area (Å²) in [6.07, 6.45) is 1.70. The number of nitrogens with zero attached hydrogens (tertiary/aromatic N) is 3. The van der Waals surface area contributed by atoms with Crippen molar-refractivity contribution in [2.75, 3.05) is 26.3 Å². The van der Waals surface area contributed by atoms with Gasteiger partial charge in [0.05, 0.1) is 23.4 Å². The van der Waals surface area contributed by atoms with Gasteiger partial charge in [0.25, 0.3) is 11.5 Å². The second kappa shape index (κ2) is 9.75. The van der Waals surface area contributed by atoms with Crippen molar-refractivity contribution >= 4 is 40.5 Å². The number of hydrogen-bond acceptors (Lipinski definition) is 5. The zero-order valence-electron chi connectivity index (χ0n) is 18.3. The SMILES string of the molecule is Cc1ccc(-n2c(=O)/c(=C\c3ccccc3Cl)s/c2=C(/C#N)C(=O)N2CCOCC2)c(C)c1. The Hall–Kier alpha value is -3.18. The summed E-state index contributed by atoms with van der Waals surface area (Å²) in [6, 6.07) is 15.0. The molecule has 168 valence electrons. The zero-order valence-corrected chi connectivity index (χ0v) is 19.9. The van der Waals surface area contributed by atoms with E-state index in [0.717, 1.165) is 22.5 Å². The van der Waals surface area contributed by atoms with Gasteiger partial charge in [0.15, 0.2) is 5.57 Å². The summed E-state index contributed by atoms with van der Waals surface area (Å²) in [4.78, 5) is 28.4. The molecular formula is C25H22ClN3O3S. The molecule has 3 aromatic rings. The van der Waals surface area contributed by atoms with Crippen molar-refractivity contribution < 1.29 is 9.53 Å². The van der Waals surface area contributed by atoms with Crippen molar-refractivity contribution in [3.63, 3.8) is 0 Å². The number of thiazole rings is 1. The summed E-state index contributed by atoms with van der Waals surface area (Å²) in [6.45, 7) is 5.53. The maximum Gasteiger partial charge on any atom is 0.273 e. The van der Waals surface area contributed by atoms with E-state index in [9.17, 15) is 14.9 Å². The van der Waals surface area contributed by atoms with E-state index < -0.39 is 5.91 Å². The molecule has 1 aromatic heterocycles. The Kier molecular flexibility index (Phi) is 6.80. The molecule has 2 aromatic carbocycles. The Bertz CT molecular complexity index is 1440. The first-order valence-electron chi connectivity index (χ1n) is 10.5. The smallest absolute Gasteiger partial charge is 0.273 e. The average Bonchev–Trinajstić information content (AvgIpc) is 3.12. The number of hydrogen-bond donors (Lipinski definition) is 0. The molecule has 0 bridgehead atoms. The van der Waals surface area contributed by atoms with Gasteiger partial charge in [0.2, 0.25) is 0 Å². The molecule has 1 amide bonds. The number of morpholine rings is 1. The minimum atomic E-state index is -0.398. The number of halogens is 1. The molecular weight excluding hydrogens is 458 g/mol. The summed E-state index contributed by atoms with van der Waals surface area (Å²) in [7, 11) is 0. The van der Waals surface area contributed by atoms with E-state index in [4.69, 9.17) is 16.3 Å². The molecule has 0 aliphatic carbocycles. The Balaban J connectivity index is 2.04. The first-order chi connectivity index (χ1) is 15.9. The third-order valence-corrected chi connectivity index (χ3v) is 6.88. The van der Waals surface area contributed by atoms with Crippen LogP contribution >= 0.6 is 22.9 Å². The largest absolute Gasteiger partial charge is 0.378 e. The van der Waals surface area contributed by atoms with Gasteiger partial charge in [0.1, 0.15) is 10.7 Å². The first-order valence-corrected chi connectivity index (χ1v) is 11.7. The van der Waals surface area contributed by atoms with E-state index in [-0.39, 0.29) is 11.1 Å². The van der Waals surface area contributed by atoms with Gasteiger partial charge in [-0.05, 0) is 43.2 Å². The van der Waals surface area contributed by atoms with Crippen LogP contribution in [0.2, 0.25) is 5.02 Å². The molecule has 33 heavy (non-hydrogen) atoms. The van der Waals surface area contributed by atoms with Crippen LogP contribution < -0.4 is 14.8 Å². The normalized spacial score (nSPS) is 15.3. The van der Waals surface area contributed by atoms with E-state index in [2.05, 4.69) is 6.07 Å². The first kappa shape index (κ1) is 23.0. The van der Waals surface area contributed by atoms with E-state index in [1.54, 1.807) is 17.0 Å². The third kappa shape index (κ3) is 4.64. The lowest BCUT2D eigenvalue weighted by Gasteiger charge is -2.26. The highest BCUT2D eigenvalue weighted by molar-refractivity contribution is 7.07. The lowest BCUT2D eigenvalue weighted by molar-refractivity contribution is -0.128. The summed E-state index contributed by atoms with van der Waals surface area (Å²) >= 11 is 7.43. The fourth-order valence-corrected chi connectivity index (χ4v) is 5.04. The maximum atomic E-state index is 13.6. The number of carbonyl (C=O) groups is 1. The second-order valence-corrected chi connectivity index (χ2v) is 9.20. The van der Waals surface area contributed by atoms with Crippen molar-refractivity contribution in [1.29, 1.82) is 5.26 Å². The molecule has 1 aliphatic heterocycles. The molecule has 8 heteroatoms. The average molecular weight is 480 g/mol. The van der Waals surface area contributed by atoms with Crippen molar-refractivity contribution in [2.45, 2.75) is 13.8 Å². The molecule has 1 aliphatic rings. The highest BCUT2D eigenvalue weighted by atomic mass is 35.5. The van der Waals surface area contributed by atoms with Crippen LogP contribution in [0.25, 0.3) is 17.3 Å². The van der Waals surface area contributed by atoms with Crippen LogP contribution in [0.1, 0.15) is 16.7 Å². The molecule has 0 radical (unpaired) electrons. The quantitative estimate of drug-likeness (QED) is 0.578. The number of rotatable bonds is 3. The molecule has 2 heterocycles. The van der Waals surface area contributed by atoms with Gasteiger partial charge < -0.3 is 9.64 Å². The summed E-state index contributed by atoms with van der Waals surface area (Å²) < 4.78 is 7.50. The van der Waals surface area contributed by atoms with Crippen LogP contribution in [-0.2, 0) is 9.53 Å². The summed E-state index contributed by atoms with van der Waals surface area (Å²) in [5.41, 5.74) is 2.89. The molecule has 0 N–H and O–H groups in total. The summed E-state index contributed by atoms with van der Waals surface area (Å²) in [5.74, 6) is -0.398. The number of carbonyl (C=O) groups excluding carboxylic acids is 1. The van der Waals surface area contributed by atoms with Gasteiger partial charge in [-0.15, -0.1) is 11.3 Å².